The highest BCUT2D eigenvalue weighted by atomic mass is 32.1. The Kier molecular flexibility index (Phi) is 3.28. The Morgan fingerprint density at radius 3 is 2.82 bits per heavy atom. The van der Waals surface area contributed by atoms with E-state index in [0.29, 0.717) is 30.0 Å². The van der Waals surface area contributed by atoms with Gasteiger partial charge in [0.1, 0.15) is 10.7 Å². The number of benzene rings is 1. The van der Waals surface area contributed by atoms with Gasteiger partial charge in [-0.3, -0.25) is 4.79 Å². The van der Waals surface area contributed by atoms with Crippen molar-refractivity contribution >= 4 is 28.8 Å². The molecule has 1 heterocycles. The van der Waals surface area contributed by atoms with E-state index in [9.17, 15) is 4.79 Å². The van der Waals surface area contributed by atoms with Crippen LogP contribution in [0.1, 0.15) is 18.4 Å². The molecule has 0 spiro atoms. The Labute approximate surface area is 105 Å². The number of hydrogen-bond donors (Lipinski definition) is 1. The third-order valence-electron chi connectivity index (χ3n) is 2.83. The van der Waals surface area contributed by atoms with Crippen molar-refractivity contribution in [1.82, 2.24) is 0 Å². The molecule has 90 valence electrons. The highest BCUT2D eigenvalue weighted by Gasteiger charge is 2.27. The van der Waals surface area contributed by atoms with Crippen LogP contribution >= 0.6 is 12.2 Å². The molecule has 0 aromatic heterocycles. The fourth-order valence-corrected chi connectivity index (χ4v) is 2.21. The lowest BCUT2D eigenvalue weighted by atomic mass is 10.1. The largest absolute Gasteiger partial charge is 0.495 e. The molecule has 1 fully saturated rings. The van der Waals surface area contributed by atoms with Crippen LogP contribution in [0.25, 0.3) is 0 Å². The number of methoxy groups -OCH3 is 1. The topological polar surface area (TPSA) is 55.6 Å². The first-order valence-electron chi connectivity index (χ1n) is 5.42. The molecule has 1 aliphatic rings. The molecule has 1 aromatic carbocycles. The van der Waals surface area contributed by atoms with Gasteiger partial charge in [0.05, 0.1) is 12.8 Å². The third-order valence-corrected chi connectivity index (χ3v) is 3.05. The number of thiocarbonyl (C=S) groups is 1. The van der Waals surface area contributed by atoms with Gasteiger partial charge in [0.15, 0.2) is 0 Å². The number of carbonyl (C=O) groups is 1. The normalized spacial score (nSPS) is 15.1. The Morgan fingerprint density at radius 2 is 2.29 bits per heavy atom. The molecule has 0 atom stereocenters. The Morgan fingerprint density at radius 1 is 1.53 bits per heavy atom. The lowest BCUT2D eigenvalue weighted by Gasteiger charge is -2.21. The van der Waals surface area contributed by atoms with Crippen LogP contribution in [0.3, 0.4) is 0 Å². The fraction of sp³-hybridized carbons (Fsp3) is 0.333. The van der Waals surface area contributed by atoms with Gasteiger partial charge in [-0.1, -0.05) is 18.3 Å². The molecule has 0 unspecified atom stereocenters. The second-order valence-electron chi connectivity index (χ2n) is 3.87. The van der Waals surface area contributed by atoms with Crippen LogP contribution in [-0.2, 0) is 4.79 Å². The van der Waals surface area contributed by atoms with Gasteiger partial charge in [0, 0.05) is 18.5 Å². The van der Waals surface area contributed by atoms with Gasteiger partial charge < -0.3 is 15.4 Å². The van der Waals surface area contributed by atoms with Crippen molar-refractivity contribution in [1.29, 1.82) is 0 Å². The zero-order valence-corrected chi connectivity index (χ0v) is 10.4. The van der Waals surface area contributed by atoms with Gasteiger partial charge in [-0.25, -0.2) is 0 Å². The molecule has 2 N–H and O–H groups in total. The number of anilines is 1. The zero-order chi connectivity index (χ0) is 12.4. The fourth-order valence-electron chi connectivity index (χ4n) is 2.05. The number of amides is 1. The van der Waals surface area contributed by atoms with Crippen LogP contribution in [0.15, 0.2) is 18.2 Å². The first kappa shape index (κ1) is 11.9. The molecule has 5 heteroatoms. The van der Waals surface area contributed by atoms with Gasteiger partial charge in [-0.2, -0.15) is 0 Å². The van der Waals surface area contributed by atoms with Crippen molar-refractivity contribution in [3.63, 3.8) is 0 Å². The molecule has 1 saturated heterocycles. The molecular formula is C12H14N2O2S. The number of ether oxygens (including phenoxy) is 1. The summed E-state index contributed by atoms with van der Waals surface area (Å²) in [6.45, 7) is 0.689. The van der Waals surface area contributed by atoms with Crippen molar-refractivity contribution < 1.29 is 9.53 Å². The Hall–Kier alpha value is -1.62. The Balaban J connectivity index is 2.55. The first-order chi connectivity index (χ1) is 8.15. The van der Waals surface area contributed by atoms with Crippen LogP contribution in [0.2, 0.25) is 0 Å². The smallest absolute Gasteiger partial charge is 0.227 e. The summed E-state index contributed by atoms with van der Waals surface area (Å²) in [6, 6.07) is 5.44. The van der Waals surface area contributed by atoms with Gasteiger partial charge in [0.2, 0.25) is 5.91 Å². The summed E-state index contributed by atoms with van der Waals surface area (Å²) in [7, 11) is 1.57. The third kappa shape index (κ3) is 2.10. The summed E-state index contributed by atoms with van der Waals surface area (Å²) < 4.78 is 5.29. The summed E-state index contributed by atoms with van der Waals surface area (Å²) in [5.74, 6) is 0.720. The van der Waals surface area contributed by atoms with Crippen LogP contribution < -0.4 is 15.4 Å². The second kappa shape index (κ2) is 4.71. The molecule has 0 bridgehead atoms. The van der Waals surface area contributed by atoms with E-state index in [4.69, 9.17) is 22.7 Å². The van der Waals surface area contributed by atoms with E-state index >= 15 is 0 Å². The molecule has 1 amide bonds. The van der Waals surface area contributed by atoms with Crippen molar-refractivity contribution in [2.24, 2.45) is 5.73 Å². The SMILES string of the molecule is COc1cccc(C(N)=S)c1N1CCCC1=O. The highest BCUT2D eigenvalue weighted by Crippen LogP contribution is 2.34. The minimum absolute atomic E-state index is 0.0898. The summed E-state index contributed by atoms with van der Waals surface area (Å²) in [6.07, 6.45) is 1.42. The van der Waals surface area contributed by atoms with Crippen LogP contribution in [0, 0.1) is 0 Å². The number of hydrogen-bond acceptors (Lipinski definition) is 3. The number of para-hydroxylation sites is 1. The maximum atomic E-state index is 11.8. The first-order valence-corrected chi connectivity index (χ1v) is 5.83. The Bertz CT molecular complexity index is 474. The predicted molar refractivity (Wildman–Crippen MR) is 70.5 cm³/mol. The van der Waals surface area contributed by atoms with Crippen molar-refractivity contribution in [3.8, 4) is 5.75 Å². The predicted octanol–water partition coefficient (Wildman–Crippen LogP) is 1.46. The van der Waals surface area contributed by atoms with Crippen LogP contribution in [-0.4, -0.2) is 24.6 Å². The molecule has 0 aliphatic carbocycles. The van der Waals surface area contributed by atoms with E-state index in [2.05, 4.69) is 0 Å². The highest BCUT2D eigenvalue weighted by molar-refractivity contribution is 7.80. The summed E-state index contributed by atoms with van der Waals surface area (Å²) >= 11 is 5.02. The van der Waals surface area contributed by atoms with E-state index in [1.165, 1.54) is 0 Å². The number of rotatable bonds is 3. The number of nitrogens with zero attached hydrogens (tertiary/aromatic N) is 1. The standard InChI is InChI=1S/C12H14N2O2S/c1-16-9-5-2-4-8(12(13)17)11(9)14-7-3-6-10(14)15/h2,4-5H,3,6-7H2,1H3,(H2,13,17). The zero-order valence-electron chi connectivity index (χ0n) is 9.60. The molecular weight excluding hydrogens is 236 g/mol. The molecule has 1 aromatic rings. The van der Waals surface area contributed by atoms with Gasteiger partial charge in [-0.15, -0.1) is 0 Å². The van der Waals surface area contributed by atoms with E-state index in [-0.39, 0.29) is 10.9 Å². The van der Waals surface area contributed by atoms with E-state index < -0.39 is 0 Å². The minimum Gasteiger partial charge on any atom is -0.495 e. The van der Waals surface area contributed by atoms with Gasteiger partial charge in [-0.05, 0) is 18.6 Å². The van der Waals surface area contributed by atoms with E-state index in [1.807, 2.05) is 18.2 Å². The maximum Gasteiger partial charge on any atom is 0.227 e. The van der Waals surface area contributed by atoms with Gasteiger partial charge in [0.25, 0.3) is 0 Å². The molecule has 17 heavy (non-hydrogen) atoms. The van der Waals surface area contributed by atoms with E-state index in [1.54, 1.807) is 12.0 Å². The maximum absolute atomic E-state index is 11.8. The number of nitrogens with two attached hydrogens (primary N) is 1. The van der Waals surface area contributed by atoms with Crippen molar-refractivity contribution in [2.45, 2.75) is 12.8 Å². The average molecular weight is 250 g/mol. The summed E-state index contributed by atoms with van der Waals surface area (Å²) in [5.41, 5.74) is 7.08. The molecule has 0 radical (unpaired) electrons. The number of carbonyl (C=O) groups excluding carboxylic acids is 1. The molecule has 0 saturated carbocycles. The lowest BCUT2D eigenvalue weighted by Crippen LogP contribution is -2.27. The molecule has 2 rings (SSSR count). The average Bonchev–Trinajstić information content (AvgIpc) is 2.74. The van der Waals surface area contributed by atoms with Crippen LogP contribution in [0.4, 0.5) is 5.69 Å². The van der Waals surface area contributed by atoms with Crippen LogP contribution in [0.5, 0.6) is 5.75 Å². The molecule has 1 aliphatic heterocycles. The minimum atomic E-state index is 0.0898. The quantitative estimate of drug-likeness (QED) is 0.825. The second-order valence-corrected chi connectivity index (χ2v) is 4.31. The monoisotopic (exact) mass is 250 g/mol. The summed E-state index contributed by atoms with van der Waals surface area (Å²) in [4.78, 5) is 13.8. The van der Waals surface area contributed by atoms with Crippen molar-refractivity contribution in [3.05, 3.63) is 23.8 Å². The lowest BCUT2D eigenvalue weighted by molar-refractivity contribution is -0.117. The molecule has 4 nitrogen and oxygen atoms in total. The summed E-state index contributed by atoms with van der Waals surface area (Å²) in [5, 5.41) is 0. The van der Waals surface area contributed by atoms with E-state index in [0.717, 1.165) is 6.42 Å². The van der Waals surface area contributed by atoms with Crippen molar-refractivity contribution in [2.75, 3.05) is 18.6 Å². The van der Waals surface area contributed by atoms with Gasteiger partial charge >= 0.3 is 0 Å².